The number of aliphatic imine (C=N–C) groups is 1. The Morgan fingerprint density at radius 3 is 2.19 bits per heavy atom. The zero-order valence-electron chi connectivity index (χ0n) is 19.3. The maximum absolute atomic E-state index is 4.56. The fourth-order valence-corrected chi connectivity index (χ4v) is 4.06. The molecule has 1 saturated heterocycles. The summed E-state index contributed by atoms with van der Waals surface area (Å²) in [5, 5.41) is 11.2. The molecule has 0 atom stereocenters. The van der Waals surface area contributed by atoms with Crippen molar-refractivity contribution in [2.24, 2.45) is 4.99 Å². The van der Waals surface area contributed by atoms with Crippen LogP contribution in [-0.4, -0.2) is 45.8 Å². The van der Waals surface area contributed by atoms with Gasteiger partial charge in [-0.25, -0.2) is 9.67 Å². The molecule has 0 radical (unpaired) electrons. The fraction of sp³-hybridized carbons (Fsp3) is 0.400. The lowest BCUT2D eigenvalue weighted by molar-refractivity contribution is 0.331. The molecule has 3 heterocycles. The van der Waals surface area contributed by atoms with Gasteiger partial charge in [-0.3, -0.25) is 9.89 Å². The van der Waals surface area contributed by atoms with Gasteiger partial charge in [-0.1, -0.05) is 30.3 Å². The highest BCUT2D eigenvalue weighted by atomic mass is 15.3. The van der Waals surface area contributed by atoms with Crippen LogP contribution < -0.4 is 10.6 Å². The summed E-state index contributed by atoms with van der Waals surface area (Å²) < 4.78 is 1.86. The van der Waals surface area contributed by atoms with Gasteiger partial charge in [0.05, 0.1) is 5.69 Å². The van der Waals surface area contributed by atoms with Crippen molar-refractivity contribution < 1.29 is 0 Å². The van der Waals surface area contributed by atoms with E-state index < -0.39 is 0 Å². The zero-order chi connectivity index (χ0) is 22.3. The van der Waals surface area contributed by atoms with Crippen molar-refractivity contribution in [3.63, 3.8) is 0 Å². The van der Waals surface area contributed by atoms with Crippen molar-refractivity contribution in [1.29, 1.82) is 0 Å². The van der Waals surface area contributed by atoms with Crippen LogP contribution in [0, 0.1) is 13.8 Å². The van der Waals surface area contributed by atoms with Crippen LogP contribution in [0.25, 0.3) is 5.82 Å². The lowest BCUT2D eigenvalue weighted by atomic mass is 10.1. The minimum Gasteiger partial charge on any atom is -0.352 e. The smallest absolute Gasteiger partial charge is 0.191 e. The standard InChI is InChI=1S/C25H33N7/c1-19-14-20(2)32(30-19)24-11-10-23(16-27-24)17-29-25(26-3)28-15-21-6-8-22(9-7-21)18-31-12-4-5-13-31/h6-11,14,16H,4-5,12-13,15,17-18H2,1-3H3,(H2,26,28,29). The molecule has 7 nitrogen and oxygen atoms in total. The molecule has 0 unspecified atom stereocenters. The predicted octanol–water partition coefficient (Wildman–Crippen LogP) is 3.35. The molecule has 3 aromatic rings. The molecule has 168 valence electrons. The van der Waals surface area contributed by atoms with Gasteiger partial charge < -0.3 is 10.6 Å². The summed E-state index contributed by atoms with van der Waals surface area (Å²) in [5.74, 6) is 1.60. The van der Waals surface area contributed by atoms with Crippen molar-refractivity contribution in [2.45, 2.75) is 46.3 Å². The first kappa shape index (κ1) is 22.0. The Morgan fingerprint density at radius 1 is 0.938 bits per heavy atom. The molecular formula is C25H33N7. The number of hydrogen-bond donors (Lipinski definition) is 2. The summed E-state index contributed by atoms with van der Waals surface area (Å²) in [5.41, 5.74) is 5.79. The Balaban J connectivity index is 1.25. The average Bonchev–Trinajstić information content (AvgIpc) is 3.44. The third-order valence-corrected chi connectivity index (χ3v) is 5.81. The van der Waals surface area contributed by atoms with Crippen molar-refractivity contribution in [2.75, 3.05) is 20.1 Å². The first-order valence-electron chi connectivity index (χ1n) is 11.3. The largest absolute Gasteiger partial charge is 0.352 e. The molecule has 2 N–H and O–H groups in total. The minimum absolute atomic E-state index is 0.652. The summed E-state index contributed by atoms with van der Waals surface area (Å²) in [4.78, 5) is 11.4. The van der Waals surface area contributed by atoms with Gasteiger partial charge in [-0.05, 0) is 68.6 Å². The monoisotopic (exact) mass is 431 g/mol. The van der Waals surface area contributed by atoms with E-state index in [0.29, 0.717) is 6.54 Å². The second-order valence-corrected chi connectivity index (χ2v) is 8.44. The van der Waals surface area contributed by atoms with Crippen molar-refractivity contribution in [3.05, 3.63) is 76.7 Å². The summed E-state index contributed by atoms with van der Waals surface area (Å²) in [6.07, 6.45) is 4.54. The maximum Gasteiger partial charge on any atom is 0.191 e. The normalized spacial score (nSPS) is 14.7. The van der Waals surface area contributed by atoms with E-state index in [1.807, 2.05) is 36.9 Å². The highest BCUT2D eigenvalue weighted by Gasteiger charge is 2.11. The number of rotatable bonds is 7. The molecular weight excluding hydrogens is 398 g/mol. The van der Waals surface area contributed by atoms with Crippen molar-refractivity contribution in [3.8, 4) is 5.82 Å². The molecule has 2 aromatic heterocycles. The molecule has 32 heavy (non-hydrogen) atoms. The van der Waals surface area contributed by atoms with Crippen LogP contribution in [0.1, 0.15) is 40.9 Å². The van der Waals surface area contributed by atoms with Crippen LogP contribution in [0.4, 0.5) is 0 Å². The van der Waals surface area contributed by atoms with Crippen molar-refractivity contribution in [1.82, 2.24) is 30.3 Å². The second-order valence-electron chi connectivity index (χ2n) is 8.44. The summed E-state index contributed by atoms with van der Waals surface area (Å²) in [6.45, 7) is 8.93. The molecule has 0 aliphatic carbocycles. The SMILES string of the molecule is CN=C(NCc1ccc(CN2CCCC2)cc1)NCc1ccc(-n2nc(C)cc2C)nc1. The highest BCUT2D eigenvalue weighted by Crippen LogP contribution is 2.13. The summed E-state index contributed by atoms with van der Waals surface area (Å²) in [7, 11) is 1.79. The third kappa shape index (κ3) is 5.73. The van der Waals surface area contributed by atoms with Gasteiger partial charge in [0.2, 0.25) is 0 Å². The van der Waals surface area contributed by atoms with Gasteiger partial charge in [0.1, 0.15) is 0 Å². The number of likely N-dealkylation sites (tertiary alicyclic amines) is 1. The number of nitrogens with zero attached hydrogens (tertiary/aromatic N) is 5. The first-order chi connectivity index (χ1) is 15.6. The van der Waals surface area contributed by atoms with E-state index in [2.05, 4.69) is 60.9 Å². The van der Waals surface area contributed by atoms with Gasteiger partial charge >= 0.3 is 0 Å². The topological polar surface area (TPSA) is 70.4 Å². The maximum atomic E-state index is 4.56. The molecule has 1 fully saturated rings. The van der Waals surface area contributed by atoms with Gasteiger partial charge in [-0.2, -0.15) is 5.10 Å². The van der Waals surface area contributed by atoms with E-state index in [0.717, 1.165) is 41.8 Å². The van der Waals surface area contributed by atoms with E-state index in [-0.39, 0.29) is 0 Å². The van der Waals surface area contributed by atoms with Crippen LogP contribution in [0.3, 0.4) is 0 Å². The van der Waals surface area contributed by atoms with E-state index >= 15 is 0 Å². The first-order valence-corrected chi connectivity index (χ1v) is 11.3. The van der Waals surface area contributed by atoms with E-state index in [1.165, 1.54) is 37.1 Å². The Hall–Kier alpha value is -3.19. The molecule has 0 spiro atoms. The van der Waals surface area contributed by atoms with Gasteiger partial charge in [-0.15, -0.1) is 0 Å². The lowest BCUT2D eigenvalue weighted by Gasteiger charge is -2.15. The molecule has 0 amide bonds. The van der Waals surface area contributed by atoms with Crippen LogP contribution in [0.15, 0.2) is 53.7 Å². The number of pyridine rings is 1. The third-order valence-electron chi connectivity index (χ3n) is 5.81. The molecule has 0 bridgehead atoms. The Kier molecular flexibility index (Phi) is 7.17. The average molecular weight is 432 g/mol. The molecule has 1 aliphatic heterocycles. The quantitative estimate of drug-likeness (QED) is 0.444. The highest BCUT2D eigenvalue weighted by molar-refractivity contribution is 5.79. The molecule has 1 aromatic carbocycles. The van der Waals surface area contributed by atoms with Crippen molar-refractivity contribution >= 4 is 5.96 Å². The molecule has 7 heteroatoms. The lowest BCUT2D eigenvalue weighted by Crippen LogP contribution is -2.36. The second kappa shape index (κ2) is 10.4. The summed E-state index contributed by atoms with van der Waals surface area (Å²) >= 11 is 0. The number of benzene rings is 1. The van der Waals surface area contributed by atoms with Crippen LogP contribution in [-0.2, 0) is 19.6 Å². The minimum atomic E-state index is 0.652. The van der Waals surface area contributed by atoms with Gasteiger partial charge in [0, 0.05) is 38.6 Å². The summed E-state index contributed by atoms with van der Waals surface area (Å²) in [6, 6.07) is 15.0. The Labute approximate surface area is 190 Å². The molecule has 4 rings (SSSR count). The van der Waals surface area contributed by atoms with E-state index in [9.17, 15) is 0 Å². The van der Waals surface area contributed by atoms with Gasteiger partial charge in [0.25, 0.3) is 0 Å². The molecule has 0 saturated carbocycles. The van der Waals surface area contributed by atoms with Crippen LogP contribution in [0.2, 0.25) is 0 Å². The predicted molar refractivity (Wildman–Crippen MR) is 129 cm³/mol. The van der Waals surface area contributed by atoms with Gasteiger partial charge in [0.15, 0.2) is 11.8 Å². The number of hydrogen-bond acceptors (Lipinski definition) is 4. The fourth-order valence-electron chi connectivity index (χ4n) is 4.06. The zero-order valence-corrected chi connectivity index (χ0v) is 19.3. The number of nitrogens with one attached hydrogen (secondary N) is 2. The van der Waals surface area contributed by atoms with Crippen LogP contribution >= 0.6 is 0 Å². The van der Waals surface area contributed by atoms with Crippen LogP contribution in [0.5, 0.6) is 0 Å². The number of guanidine groups is 1. The number of aromatic nitrogens is 3. The Bertz CT molecular complexity index is 1030. The number of aryl methyl sites for hydroxylation is 2. The van der Waals surface area contributed by atoms with E-state index in [4.69, 9.17) is 0 Å². The Morgan fingerprint density at radius 2 is 1.59 bits per heavy atom. The van der Waals surface area contributed by atoms with E-state index in [1.54, 1.807) is 7.05 Å². The molecule has 1 aliphatic rings.